The molecule has 7 atom stereocenters. The normalized spacial score (nSPS) is 29.0. The Morgan fingerprint density at radius 3 is 2.06 bits per heavy atom. The van der Waals surface area contributed by atoms with Gasteiger partial charge in [-0.25, -0.2) is 0 Å². The number of ether oxygens (including phenoxy) is 1. The Morgan fingerprint density at radius 1 is 0.827 bits per heavy atom. The SMILES string of the molecule is COC(=O)C(CCCCCCCCCC1C2C(CC[C@@]3(C)C2CCC32CC2)c2ccc(O)cc2[C@H]1O)CCCC(F)(F)C(F)(F)C(F)(F)C(F)(F)F. The fourth-order valence-electron chi connectivity index (χ4n) is 10.6. The number of carbonyl (C=O) groups is 1. The Morgan fingerprint density at radius 2 is 1.44 bits per heavy atom. The summed E-state index contributed by atoms with van der Waals surface area (Å²) in [7, 11) is 1.06. The average molecular weight is 757 g/mol. The summed E-state index contributed by atoms with van der Waals surface area (Å²) in [6.07, 6.45) is 3.57. The zero-order valence-corrected chi connectivity index (χ0v) is 30.0. The van der Waals surface area contributed by atoms with E-state index in [0.717, 1.165) is 57.6 Å². The van der Waals surface area contributed by atoms with Crippen LogP contribution in [0.2, 0.25) is 0 Å². The van der Waals surface area contributed by atoms with E-state index in [4.69, 9.17) is 0 Å². The van der Waals surface area contributed by atoms with Crippen LogP contribution in [0.25, 0.3) is 0 Å². The van der Waals surface area contributed by atoms with Gasteiger partial charge in [0.05, 0.1) is 19.1 Å². The minimum absolute atomic E-state index is 0.125. The minimum atomic E-state index is -6.92. The molecule has 4 aliphatic carbocycles. The van der Waals surface area contributed by atoms with E-state index in [9.17, 15) is 54.5 Å². The van der Waals surface area contributed by atoms with Crippen LogP contribution in [0.1, 0.15) is 146 Å². The van der Waals surface area contributed by atoms with Crippen molar-refractivity contribution in [2.75, 3.05) is 7.11 Å². The van der Waals surface area contributed by atoms with E-state index in [1.165, 1.54) is 37.7 Å². The number of phenols is 1. The molecule has 1 aromatic carbocycles. The van der Waals surface area contributed by atoms with Crippen molar-refractivity contribution in [2.24, 2.45) is 34.5 Å². The number of halogens is 9. The van der Waals surface area contributed by atoms with Crippen LogP contribution in [0.4, 0.5) is 39.5 Å². The number of aromatic hydroxyl groups is 1. The van der Waals surface area contributed by atoms with E-state index in [2.05, 4.69) is 11.7 Å². The summed E-state index contributed by atoms with van der Waals surface area (Å²) in [5.74, 6) is -19.3. The number of benzene rings is 1. The molecule has 52 heavy (non-hydrogen) atoms. The van der Waals surface area contributed by atoms with Gasteiger partial charge in [0.15, 0.2) is 0 Å². The molecule has 296 valence electrons. The summed E-state index contributed by atoms with van der Waals surface area (Å²) >= 11 is 0. The van der Waals surface area contributed by atoms with Gasteiger partial charge in [0.1, 0.15) is 5.75 Å². The van der Waals surface area contributed by atoms with Gasteiger partial charge in [-0.1, -0.05) is 57.9 Å². The molecule has 5 unspecified atom stereocenters. The van der Waals surface area contributed by atoms with Crippen LogP contribution in [0, 0.1) is 34.5 Å². The molecule has 0 bridgehead atoms. The van der Waals surface area contributed by atoms with Gasteiger partial charge in [-0.15, -0.1) is 0 Å². The van der Waals surface area contributed by atoms with Gasteiger partial charge in [0.2, 0.25) is 0 Å². The molecule has 1 spiro atoms. The number of rotatable bonds is 17. The lowest BCUT2D eigenvalue weighted by atomic mass is 9.50. The van der Waals surface area contributed by atoms with Crippen LogP contribution in [0.15, 0.2) is 18.2 Å². The second-order valence-corrected chi connectivity index (χ2v) is 16.5. The van der Waals surface area contributed by atoms with Gasteiger partial charge in [0.25, 0.3) is 0 Å². The number of fused-ring (bicyclic) bond motifs is 6. The number of hydrogen-bond donors (Lipinski definition) is 2. The van der Waals surface area contributed by atoms with Crippen molar-refractivity contribution in [1.29, 1.82) is 0 Å². The second-order valence-electron chi connectivity index (χ2n) is 16.5. The van der Waals surface area contributed by atoms with Gasteiger partial charge in [0, 0.05) is 6.42 Å². The highest BCUT2D eigenvalue weighted by atomic mass is 19.4. The predicted octanol–water partition coefficient (Wildman–Crippen LogP) is 11.7. The second kappa shape index (κ2) is 15.2. The molecular formula is C39H53F9O4. The summed E-state index contributed by atoms with van der Waals surface area (Å²) in [5, 5.41) is 22.0. The summed E-state index contributed by atoms with van der Waals surface area (Å²) < 4.78 is 123. The number of carbonyl (C=O) groups excluding carboxylic acids is 1. The summed E-state index contributed by atoms with van der Waals surface area (Å²) in [6.45, 7) is 2.50. The molecule has 0 saturated heterocycles. The predicted molar refractivity (Wildman–Crippen MR) is 176 cm³/mol. The highest BCUT2D eigenvalue weighted by Crippen LogP contribution is 2.77. The number of methoxy groups -OCH3 is 1. The van der Waals surface area contributed by atoms with Gasteiger partial charge < -0.3 is 14.9 Å². The number of unbranched alkanes of at least 4 members (excludes halogenated alkanes) is 6. The van der Waals surface area contributed by atoms with Crippen LogP contribution in [-0.4, -0.2) is 47.2 Å². The largest absolute Gasteiger partial charge is 0.508 e. The van der Waals surface area contributed by atoms with Gasteiger partial charge in [-0.3, -0.25) is 4.79 Å². The molecular weight excluding hydrogens is 703 g/mol. The Kier molecular flexibility index (Phi) is 11.9. The molecule has 3 fully saturated rings. The standard InChI is InChI=1S/C39H53F9O4/c1-34-19-16-27-26-15-14-25(49)23-29(26)32(50)28(31(27)30(34)17-20-35(34)21-22-35)13-9-7-5-3-4-6-8-11-24(33(51)52-2)12-10-18-36(40,41)37(42,43)38(44,45)39(46,47)48/h14-15,23-24,27-28,30-32,49-50H,3-13,16-22H2,1-2H3/t24?,27?,28?,30?,31?,32-,34-/m0/s1. The van der Waals surface area contributed by atoms with E-state index < -0.39 is 61.2 Å². The smallest absolute Gasteiger partial charge is 0.460 e. The topological polar surface area (TPSA) is 66.8 Å². The first-order valence-corrected chi connectivity index (χ1v) is 19.0. The lowest BCUT2D eigenvalue weighted by Crippen LogP contribution is -2.60. The number of hydrogen-bond acceptors (Lipinski definition) is 4. The molecule has 4 nitrogen and oxygen atoms in total. The van der Waals surface area contributed by atoms with Crippen molar-refractivity contribution < 1.29 is 59.3 Å². The van der Waals surface area contributed by atoms with Crippen molar-refractivity contribution >= 4 is 5.97 Å². The zero-order chi connectivity index (χ0) is 38.3. The van der Waals surface area contributed by atoms with Crippen molar-refractivity contribution in [3.05, 3.63) is 29.3 Å². The summed E-state index contributed by atoms with van der Waals surface area (Å²) in [6, 6.07) is 5.50. The Labute approximate surface area is 300 Å². The van der Waals surface area contributed by atoms with Crippen LogP contribution in [0.5, 0.6) is 5.75 Å². The van der Waals surface area contributed by atoms with E-state index in [1.807, 2.05) is 6.07 Å². The molecule has 2 N–H and O–H groups in total. The molecule has 0 aromatic heterocycles. The Bertz CT molecular complexity index is 1390. The third kappa shape index (κ3) is 7.42. The fourth-order valence-corrected chi connectivity index (χ4v) is 10.6. The van der Waals surface area contributed by atoms with Crippen LogP contribution in [0.3, 0.4) is 0 Å². The zero-order valence-electron chi connectivity index (χ0n) is 30.0. The molecule has 5 rings (SSSR count). The molecule has 0 aliphatic heterocycles. The monoisotopic (exact) mass is 756 g/mol. The number of esters is 1. The van der Waals surface area contributed by atoms with Crippen LogP contribution < -0.4 is 0 Å². The lowest BCUT2D eigenvalue weighted by molar-refractivity contribution is -0.396. The maximum atomic E-state index is 13.9. The molecule has 0 amide bonds. The third-order valence-electron chi connectivity index (χ3n) is 13.8. The number of aliphatic hydroxyl groups excluding tert-OH is 1. The Hall–Kier alpha value is -2.18. The highest BCUT2D eigenvalue weighted by Gasteiger charge is 2.81. The first-order valence-electron chi connectivity index (χ1n) is 19.0. The maximum Gasteiger partial charge on any atom is 0.460 e. The van der Waals surface area contributed by atoms with Crippen molar-refractivity contribution in [3.8, 4) is 5.75 Å². The van der Waals surface area contributed by atoms with Gasteiger partial charge >= 0.3 is 29.9 Å². The number of alkyl halides is 9. The van der Waals surface area contributed by atoms with E-state index in [-0.39, 0.29) is 18.1 Å². The first kappa shape index (κ1) is 41.0. The molecule has 0 heterocycles. The van der Waals surface area contributed by atoms with Crippen LogP contribution >= 0.6 is 0 Å². The lowest BCUT2D eigenvalue weighted by Gasteiger charge is -2.55. The minimum Gasteiger partial charge on any atom is -0.508 e. The molecule has 13 heteroatoms. The van der Waals surface area contributed by atoms with Crippen molar-refractivity contribution in [2.45, 2.75) is 158 Å². The van der Waals surface area contributed by atoms with Gasteiger partial charge in [-0.2, -0.15) is 39.5 Å². The van der Waals surface area contributed by atoms with Crippen molar-refractivity contribution in [1.82, 2.24) is 0 Å². The third-order valence-corrected chi connectivity index (χ3v) is 13.8. The fraction of sp³-hybridized carbons (Fsp3) is 0.821. The summed E-state index contributed by atoms with van der Waals surface area (Å²) in [5.41, 5.74) is 2.87. The van der Waals surface area contributed by atoms with E-state index in [1.54, 1.807) is 12.1 Å². The van der Waals surface area contributed by atoms with E-state index in [0.29, 0.717) is 41.4 Å². The quantitative estimate of drug-likeness (QED) is 0.0944. The summed E-state index contributed by atoms with van der Waals surface area (Å²) in [4.78, 5) is 12.2. The average Bonchev–Trinajstić information content (AvgIpc) is 3.82. The van der Waals surface area contributed by atoms with Crippen LogP contribution in [-0.2, 0) is 9.53 Å². The number of phenolic OH excluding ortho intramolecular Hbond substituents is 1. The Balaban J connectivity index is 1.06. The highest BCUT2D eigenvalue weighted by molar-refractivity contribution is 5.72. The molecule has 4 aliphatic rings. The van der Waals surface area contributed by atoms with Gasteiger partial charge in [-0.05, 0) is 122 Å². The first-order chi connectivity index (χ1) is 24.2. The van der Waals surface area contributed by atoms with Crippen molar-refractivity contribution in [3.63, 3.8) is 0 Å². The molecule has 0 radical (unpaired) electrons. The number of aliphatic hydroxyl groups is 1. The molecule has 3 saturated carbocycles. The van der Waals surface area contributed by atoms with E-state index >= 15 is 0 Å². The molecule has 1 aromatic rings. The maximum absolute atomic E-state index is 13.9.